The minimum Gasteiger partial charge on any atom is -0.497 e. The molecule has 0 radical (unpaired) electrons. The molecule has 0 saturated carbocycles. The Morgan fingerprint density at radius 1 is 0.925 bits per heavy atom. The van der Waals surface area contributed by atoms with E-state index in [9.17, 15) is 14.7 Å². The number of aliphatic hydroxyl groups excluding tert-OH is 1. The van der Waals surface area contributed by atoms with E-state index >= 15 is 0 Å². The highest BCUT2D eigenvalue weighted by Gasteiger charge is 2.24. The number of rotatable bonds is 15. The lowest BCUT2D eigenvalue weighted by molar-refractivity contribution is 0.0755. The molecule has 0 aromatic heterocycles. The molecule has 0 heterocycles. The van der Waals surface area contributed by atoms with Crippen molar-refractivity contribution < 1.29 is 19.4 Å². The van der Waals surface area contributed by atoms with E-state index in [4.69, 9.17) is 4.74 Å². The zero-order valence-corrected chi connectivity index (χ0v) is 24.2. The molecule has 2 atom stereocenters. The summed E-state index contributed by atoms with van der Waals surface area (Å²) in [6.45, 7) is 8.15. The fourth-order valence-electron chi connectivity index (χ4n) is 4.72. The summed E-state index contributed by atoms with van der Waals surface area (Å²) < 4.78 is 5.29. The second kappa shape index (κ2) is 15.8. The Bertz CT molecular complexity index is 1230. The predicted octanol–water partition coefficient (Wildman–Crippen LogP) is 4.76. The molecule has 0 bridgehead atoms. The normalized spacial score (nSPS) is 12.4. The topological polar surface area (TPSA) is 90.9 Å². The second-order valence-corrected chi connectivity index (χ2v) is 10.1. The van der Waals surface area contributed by atoms with Crippen LogP contribution in [-0.4, -0.2) is 60.7 Å². The number of hydrogen-bond donors (Lipinski definition) is 3. The number of nitrogens with one attached hydrogen (secondary N) is 2. The highest BCUT2D eigenvalue weighted by Crippen LogP contribution is 2.16. The third-order valence-corrected chi connectivity index (χ3v) is 6.90. The third kappa shape index (κ3) is 8.93. The van der Waals surface area contributed by atoms with Gasteiger partial charge in [0, 0.05) is 37.3 Å². The van der Waals surface area contributed by atoms with Crippen LogP contribution in [0.2, 0.25) is 0 Å². The van der Waals surface area contributed by atoms with Gasteiger partial charge in [-0.1, -0.05) is 62.4 Å². The molecular weight excluding hydrogens is 502 g/mol. The fraction of sp³-hybridized carbons (Fsp3) is 0.394. The maximum absolute atomic E-state index is 13.6. The number of hydrogen-bond acceptors (Lipinski definition) is 5. The monoisotopic (exact) mass is 545 g/mol. The molecule has 0 aliphatic heterocycles. The van der Waals surface area contributed by atoms with E-state index in [1.165, 1.54) is 0 Å². The summed E-state index contributed by atoms with van der Waals surface area (Å²) in [5.74, 6) is 0.399. The fourth-order valence-corrected chi connectivity index (χ4v) is 4.72. The maximum Gasteiger partial charge on any atom is 0.253 e. The molecule has 3 rings (SSSR count). The summed E-state index contributed by atoms with van der Waals surface area (Å²) in [7, 11) is 1.63. The van der Waals surface area contributed by atoms with Gasteiger partial charge in [0.05, 0.1) is 19.3 Å². The molecule has 0 spiro atoms. The number of methoxy groups -OCH3 is 1. The first-order valence-corrected chi connectivity index (χ1v) is 14.1. The van der Waals surface area contributed by atoms with Crippen LogP contribution in [0.3, 0.4) is 0 Å². The molecule has 2 unspecified atom stereocenters. The van der Waals surface area contributed by atoms with Gasteiger partial charge < -0.3 is 25.4 Å². The molecule has 0 aliphatic carbocycles. The van der Waals surface area contributed by atoms with Crippen LogP contribution in [0.15, 0.2) is 72.8 Å². The summed E-state index contributed by atoms with van der Waals surface area (Å²) in [5.41, 5.74) is 3.75. The standard InChI is InChI=1S/C33H43N3O4/c1-5-17-36(18-6-2)33(39)27-16-15-24(3)29(21-27)32(38)35-30(20-25-11-8-7-9-12-25)31(37)23-34-22-26-13-10-14-28(19-26)40-4/h7-16,19,21,30-31,34,37H,5-6,17-18,20,22-23H2,1-4H3,(H,35,38). The number of nitrogens with zero attached hydrogens (tertiary/aromatic N) is 1. The van der Waals surface area contributed by atoms with Crippen LogP contribution < -0.4 is 15.4 Å². The van der Waals surface area contributed by atoms with E-state index in [1.807, 2.05) is 86.3 Å². The van der Waals surface area contributed by atoms with Gasteiger partial charge in [-0.25, -0.2) is 0 Å². The average molecular weight is 546 g/mol. The molecule has 7 nitrogen and oxygen atoms in total. The van der Waals surface area contributed by atoms with Gasteiger partial charge in [0.15, 0.2) is 0 Å². The van der Waals surface area contributed by atoms with Crippen LogP contribution in [0.5, 0.6) is 5.75 Å². The van der Waals surface area contributed by atoms with Gasteiger partial charge in [-0.15, -0.1) is 0 Å². The molecule has 7 heteroatoms. The first-order valence-electron chi connectivity index (χ1n) is 14.1. The van der Waals surface area contributed by atoms with Crippen LogP contribution in [-0.2, 0) is 13.0 Å². The Morgan fingerprint density at radius 3 is 2.30 bits per heavy atom. The molecule has 2 amide bonds. The lowest BCUT2D eigenvalue weighted by atomic mass is 9.99. The van der Waals surface area contributed by atoms with Crippen molar-refractivity contribution in [1.29, 1.82) is 0 Å². The van der Waals surface area contributed by atoms with Crippen molar-refractivity contribution in [1.82, 2.24) is 15.5 Å². The van der Waals surface area contributed by atoms with Gasteiger partial charge in [0.1, 0.15) is 5.75 Å². The molecule has 0 aliphatic rings. The van der Waals surface area contributed by atoms with E-state index in [1.54, 1.807) is 19.2 Å². The van der Waals surface area contributed by atoms with Crippen molar-refractivity contribution in [3.8, 4) is 5.75 Å². The molecule has 214 valence electrons. The van der Waals surface area contributed by atoms with Gasteiger partial charge in [0.25, 0.3) is 11.8 Å². The molecule has 0 saturated heterocycles. The predicted molar refractivity (Wildman–Crippen MR) is 160 cm³/mol. The van der Waals surface area contributed by atoms with Gasteiger partial charge in [-0.3, -0.25) is 9.59 Å². The van der Waals surface area contributed by atoms with E-state index < -0.39 is 12.1 Å². The highest BCUT2D eigenvalue weighted by atomic mass is 16.5. The minimum atomic E-state index is -0.843. The number of aryl methyl sites for hydroxylation is 1. The number of aliphatic hydroxyl groups is 1. The van der Waals surface area contributed by atoms with Crippen LogP contribution >= 0.6 is 0 Å². The smallest absolute Gasteiger partial charge is 0.253 e. The molecule has 3 aromatic carbocycles. The second-order valence-electron chi connectivity index (χ2n) is 10.1. The van der Waals surface area contributed by atoms with Crippen molar-refractivity contribution in [3.05, 3.63) is 101 Å². The highest BCUT2D eigenvalue weighted by molar-refractivity contribution is 6.00. The number of amides is 2. The van der Waals surface area contributed by atoms with Crippen LogP contribution in [0.4, 0.5) is 0 Å². The van der Waals surface area contributed by atoms with Crippen LogP contribution in [0, 0.1) is 6.92 Å². The van der Waals surface area contributed by atoms with Crippen LogP contribution in [0.25, 0.3) is 0 Å². The van der Waals surface area contributed by atoms with E-state index in [0.29, 0.717) is 37.2 Å². The number of benzene rings is 3. The molecular formula is C33H43N3O4. The van der Waals surface area contributed by atoms with Crippen molar-refractivity contribution in [2.45, 2.75) is 58.7 Å². The van der Waals surface area contributed by atoms with Gasteiger partial charge in [0.2, 0.25) is 0 Å². The van der Waals surface area contributed by atoms with Crippen molar-refractivity contribution >= 4 is 11.8 Å². The van der Waals surface area contributed by atoms with Crippen molar-refractivity contribution in [2.24, 2.45) is 0 Å². The Hall–Kier alpha value is -3.68. The molecule has 3 N–H and O–H groups in total. The number of ether oxygens (including phenoxy) is 1. The molecule has 3 aromatic rings. The van der Waals surface area contributed by atoms with E-state index in [0.717, 1.165) is 35.3 Å². The quantitative estimate of drug-likeness (QED) is 0.256. The zero-order valence-electron chi connectivity index (χ0n) is 24.2. The van der Waals surface area contributed by atoms with Gasteiger partial charge in [-0.2, -0.15) is 0 Å². The summed E-state index contributed by atoms with van der Waals surface area (Å²) in [6.07, 6.45) is 1.36. The van der Waals surface area contributed by atoms with Gasteiger partial charge >= 0.3 is 0 Å². The lowest BCUT2D eigenvalue weighted by Crippen LogP contribution is -2.48. The van der Waals surface area contributed by atoms with E-state index in [-0.39, 0.29) is 18.4 Å². The number of carbonyl (C=O) groups is 2. The summed E-state index contributed by atoms with van der Waals surface area (Å²) in [4.78, 5) is 28.6. The maximum atomic E-state index is 13.6. The number of carbonyl (C=O) groups excluding carboxylic acids is 2. The minimum absolute atomic E-state index is 0.0691. The molecule has 40 heavy (non-hydrogen) atoms. The van der Waals surface area contributed by atoms with Crippen molar-refractivity contribution in [2.75, 3.05) is 26.7 Å². The Balaban J connectivity index is 1.75. The Labute approximate surface area is 238 Å². The van der Waals surface area contributed by atoms with Gasteiger partial charge in [-0.05, 0) is 67.1 Å². The third-order valence-electron chi connectivity index (χ3n) is 6.90. The Kier molecular flexibility index (Phi) is 12.2. The molecule has 0 fully saturated rings. The van der Waals surface area contributed by atoms with Crippen LogP contribution in [0.1, 0.15) is 64.1 Å². The SMILES string of the molecule is CCCN(CCC)C(=O)c1ccc(C)c(C(=O)NC(Cc2ccccc2)C(O)CNCc2cccc(OC)c2)c1. The zero-order chi connectivity index (χ0) is 28.9. The van der Waals surface area contributed by atoms with Crippen molar-refractivity contribution in [3.63, 3.8) is 0 Å². The Morgan fingerprint density at radius 2 is 1.62 bits per heavy atom. The largest absolute Gasteiger partial charge is 0.497 e. The summed E-state index contributed by atoms with van der Waals surface area (Å²) >= 11 is 0. The average Bonchev–Trinajstić information content (AvgIpc) is 2.97. The lowest BCUT2D eigenvalue weighted by Gasteiger charge is -2.26. The summed E-state index contributed by atoms with van der Waals surface area (Å²) in [5, 5.41) is 17.5. The first kappa shape index (κ1) is 30.9. The summed E-state index contributed by atoms with van der Waals surface area (Å²) in [6, 6.07) is 22.3. The van der Waals surface area contributed by atoms with E-state index in [2.05, 4.69) is 10.6 Å². The first-order chi connectivity index (χ1) is 19.4.